The fraction of sp³-hybridized carbons (Fsp3) is 0.462. The molecule has 2 heteroatoms. The molecule has 0 bridgehead atoms. The molecule has 2 rings (SSSR count). The molecule has 2 nitrogen and oxygen atoms in total. The summed E-state index contributed by atoms with van der Waals surface area (Å²) in [6, 6.07) is 6.07. The van der Waals surface area contributed by atoms with Crippen LogP contribution in [0.25, 0.3) is 0 Å². The van der Waals surface area contributed by atoms with Crippen molar-refractivity contribution in [1.29, 1.82) is 0 Å². The summed E-state index contributed by atoms with van der Waals surface area (Å²) in [5.41, 5.74) is 3.07. The van der Waals surface area contributed by atoms with E-state index in [2.05, 4.69) is 11.1 Å². The second-order valence-corrected chi connectivity index (χ2v) is 4.27. The predicted molar refractivity (Wildman–Crippen MR) is 60.0 cm³/mol. The van der Waals surface area contributed by atoms with Gasteiger partial charge in [-0.1, -0.05) is 31.0 Å². The van der Waals surface area contributed by atoms with Gasteiger partial charge in [-0.15, -0.1) is 0 Å². The Labute approximate surface area is 90.0 Å². The van der Waals surface area contributed by atoms with Crippen LogP contribution in [0.2, 0.25) is 0 Å². The first-order valence-electron chi connectivity index (χ1n) is 5.47. The largest absolute Gasteiger partial charge is 0.240 e. The summed E-state index contributed by atoms with van der Waals surface area (Å²) < 4.78 is 0. The highest BCUT2D eigenvalue weighted by Crippen LogP contribution is 2.35. The fourth-order valence-corrected chi connectivity index (χ4v) is 1.89. The number of benzene rings is 1. The molecule has 0 atom stereocenters. The molecule has 1 aliphatic carbocycles. The number of hydrogen-bond acceptors (Lipinski definition) is 2. The molecule has 0 unspecified atom stereocenters. The summed E-state index contributed by atoms with van der Waals surface area (Å²) in [7, 11) is 0. The Kier molecular flexibility index (Phi) is 2.98. The van der Waals surface area contributed by atoms with Crippen molar-refractivity contribution in [1.82, 2.24) is 0 Å². The van der Waals surface area contributed by atoms with Crippen molar-refractivity contribution in [2.45, 2.75) is 32.6 Å². The summed E-state index contributed by atoms with van der Waals surface area (Å²) >= 11 is 0. The molecular weight excluding hydrogens is 186 g/mol. The molecule has 1 saturated carbocycles. The van der Waals surface area contributed by atoms with Crippen molar-refractivity contribution in [3.05, 3.63) is 29.3 Å². The van der Waals surface area contributed by atoms with Gasteiger partial charge in [-0.3, -0.25) is 0 Å². The van der Waals surface area contributed by atoms with E-state index in [0.29, 0.717) is 0 Å². The van der Waals surface area contributed by atoms with Crippen LogP contribution in [0.15, 0.2) is 23.2 Å². The van der Waals surface area contributed by atoms with Crippen molar-refractivity contribution < 1.29 is 4.79 Å². The van der Waals surface area contributed by atoms with Gasteiger partial charge in [0.1, 0.15) is 0 Å². The Morgan fingerprint density at radius 3 is 2.93 bits per heavy atom. The lowest BCUT2D eigenvalue weighted by molar-refractivity contribution is 0.565. The Bertz CT molecular complexity index is 401. The first-order chi connectivity index (χ1) is 7.31. The third kappa shape index (κ3) is 2.54. The van der Waals surface area contributed by atoms with Crippen LogP contribution in [-0.2, 0) is 11.2 Å². The second kappa shape index (κ2) is 4.41. The molecule has 0 spiro atoms. The minimum atomic E-state index is 0.827. The Balaban J connectivity index is 2.19. The average molecular weight is 201 g/mol. The molecule has 1 aliphatic rings. The molecule has 1 aromatic carbocycles. The lowest BCUT2D eigenvalue weighted by Crippen LogP contribution is -1.89. The smallest absolute Gasteiger partial charge is 0.211 e. The zero-order chi connectivity index (χ0) is 10.7. The number of nitrogens with zero attached hydrogens (tertiary/aromatic N) is 1. The van der Waals surface area contributed by atoms with Gasteiger partial charge < -0.3 is 0 Å². The zero-order valence-corrected chi connectivity index (χ0v) is 8.99. The molecule has 0 amide bonds. The topological polar surface area (TPSA) is 29.4 Å². The third-order valence-electron chi connectivity index (χ3n) is 3.00. The molecular formula is C13H15NO. The third-order valence-corrected chi connectivity index (χ3v) is 3.00. The van der Waals surface area contributed by atoms with Crippen LogP contribution < -0.4 is 0 Å². The Hall–Kier alpha value is -1.40. The quantitative estimate of drug-likeness (QED) is 0.543. The summed E-state index contributed by atoms with van der Waals surface area (Å²) in [6.07, 6.45) is 6.65. The van der Waals surface area contributed by atoms with E-state index in [0.717, 1.165) is 23.6 Å². The molecule has 0 N–H and O–H groups in total. The van der Waals surface area contributed by atoms with E-state index in [-0.39, 0.29) is 0 Å². The zero-order valence-electron chi connectivity index (χ0n) is 8.99. The van der Waals surface area contributed by atoms with E-state index in [1.807, 2.05) is 19.1 Å². The summed E-state index contributed by atoms with van der Waals surface area (Å²) in [6.45, 7) is 1.98. The van der Waals surface area contributed by atoms with Crippen LogP contribution in [0.3, 0.4) is 0 Å². The molecule has 1 aromatic rings. The minimum Gasteiger partial charge on any atom is -0.211 e. The molecule has 0 saturated heterocycles. The summed E-state index contributed by atoms with van der Waals surface area (Å²) in [5.74, 6) is 0.915. The van der Waals surface area contributed by atoms with Crippen LogP contribution in [-0.4, -0.2) is 6.08 Å². The maximum Gasteiger partial charge on any atom is 0.240 e. The van der Waals surface area contributed by atoms with Crippen LogP contribution in [0.5, 0.6) is 0 Å². The molecule has 78 valence electrons. The Morgan fingerprint density at radius 2 is 2.27 bits per heavy atom. The normalized spacial score (nSPS) is 14.7. The summed E-state index contributed by atoms with van der Waals surface area (Å²) in [5, 5.41) is 0. The SMILES string of the molecule is Cc1cccc(CCC2CC2)c1N=C=O. The molecule has 15 heavy (non-hydrogen) atoms. The van der Waals surface area contributed by atoms with Gasteiger partial charge in [-0.05, 0) is 36.8 Å². The van der Waals surface area contributed by atoms with Crippen LogP contribution in [0, 0.1) is 12.8 Å². The van der Waals surface area contributed by atoms with Gasteiger partial charge in [0.25, 0.3) is 0 Å². The fourth-order valence-electron chi connectivity index (χ4n) is 1.89. The van der Waals surface area contributed by atoms with Gasteiger partial charge in [0.15, 0.2) is 0 Å². The van der Waals surface area contributed by atoms with Gasteiger partial charge in [0, 0.05) is 0 Å². The summed E-state index contributed by atoms with van der Waals surface area (Å²) in [4.78, 5) is 14.1. The van der Waals surface area contributed by atoms with Crippen molar-refractivity contribution in [2.75, 3.05) is 0 Å². The van der Waals surface area contributed by atoms with E-state index in [1.165, 1.54) is 24.8 Å². The maximum absolute atomic E-state index is 10.3. The number of aryl methyl sites for hydroxylation is 2. The first kappa shape index (κ1) is 10.1. The highest BCUT2D eigenvalue weighted by molar-refractivity contribution is 5.58. The van der Waals surface area contributed by atoms with Crippen LogP contribution in [0.1, 0.15) is 30.4 Å². The Morgan fingerprint density at radius 1 is 1.47 bits per heavy atom. The van der Waals surface area contributed by atoms with E-state index >= 15 is 0 Å². The lowest BCUT2D eigenvalue weighted by Gasteiger charge is -2.06. The molecule has 0 radical (unpaired) electrons. The van der Waals surface area contributed by atoms with E-state index in [9.17, 15) is 4.79 Å². The number of hydrogen-bond donors (Lipinski definition) is 0. The molecule has 0 aliphatic heterocycles. The monoisotopic (exact) mass is 201 g/mol. The van der Waals surface area contributed by atoms with Crippen LogP contribution in [0.4, 0.5) is 5.69 Å². The van der Waals surface area contributed by atoms with E-state index in [1.54, 1.807) is 6.08 Å². The van der Waals surface area contributed by atoms with Crippen molar-refractivity contribution in [2.24, 2.45) is 10.9 Å². The number of isocyanates is 1. The second-order valence-electron chi connectivity index (χ2n) is 4.27. The van der Waals surface area contributed by atoms with Crippen molar-refractivity contribution >= 4 is 11.8 Å². The van der Waals surface area contributed by atoms with Crippen molar-refractivity contribution in [3.63, 3.8) is 0 Å². The molecule has 0 aromatic heterocycles. The van der Waals surface area contributed by atoms with Gasteiger partial charge >= 0.3 is 0 Å². The maximum atomic E-state index is 10.3. The van der Waals surface area contributed by atoms with Gasteiger partial charge in [0.2, 0.25) is 6.08 Å². The standard InChI is InChI=1S/C13H15NO/c1-10-3-2-4-12(13(10)14-9-15)8-7-11-5-6-11/h2-4,11H,5-8H2,1H3. The highest BCUT2D eigenvalue weighted by atomic mass is 16.1. The van der Waals surface area contributed by atoms with Crippen LogP contribution >= 0.6 is 0 Å². The highest BCUT2D eigenvalue weighted by Gasteiger charge is 2.21. The van der Waals surface area contributed by atoms with E-state index < -0.39 is 0 Å². The van der Waals surface area contributed by atoms with Gasteiger partial charge in [-0.25, -0.2) is 4.79 Å². The molecule has 0 heterocycles. The number of rotatable bonds is 4. The number of aliphatic imine (C=N–C) groups is 1. The van der Waals surface area contributed by atoms with Crippen molar-refractivity contribution in [3.8, 4) is 0 Å². The lowest BCUT2D eigenvalue weighted by atomic mass is 10.0. The van der Waals surface area contributed by atoms with Gasteiger partial charge in [0.05, 0.1) is 5.69 Å². The average Bonchev–Trinajstić information content (AvgIpc) is 3.03. The van der Waals surface area contributed by atoms with Gasteiger partial charge in [-0.2, -0.15) is 4.99 Å². The predicted octanol–water partition coefficient (Wildman–Crippen LogP) is 3.30. The molecule has 1 fully saturated rings. The number of para-hydroxylation sites is 1. The van der Waals surface area contributed by atoms with E-state index in [4.69, 9.17) is 0 Å². The number of carbonyl (C=O) groups excluding carboxylic acids is 1. The minimum absolute atomic E-state index is 0.827. The first-order valence-corrected chi connectivity index (χ1v) is 5.47.